The van der Waals surface area contributed by atoms with Gasteiger partial charge in [-0.2, -0.15) is 0 Å². The Morgan fingerprint density at radius 2 is 1.59 bits per heavy atom. The highest BCUT2D eigenvalue weighted by atomic mass is 16.5. The minimum atomic E-state index is 0.00883. The van der Waals surface area contributed by atoms with Crippen molar-refractivity contribution in [3.05, 3.63) is 71.5 Å². The molecule has 1 heterocycles. The summed E-state index contributed by atoms with van der Waals surface area (Å²) >= 11 is 0. The van der Waals surface area contributed by atoms with Gasteiger partial charge in [-0.15, -0.1) is 0 Å². The van der Waals surface area contributed by atoms with Crippen LogP contribution in [0.3, 0.4) is 0 Å². The molecule has 3 rings (SSSR count). The molecule has 0 amide bonds. The Balaban J connectivity index is 2.00. The Morgan fingerprint density at radius 3 is 2.41 bits per heavy atom. The van der Waals surface area contributed by atoms with E-state index in [9.17, 15) is 4.79 Å². The summed E-state index contributed by atoms with van der Waals surface area (Å²) in [5.74, 6) is 1.62. The second-order valence-electron chi connectivity index (χ2n) is 3.86. The molecule has 1 aromatic rings. The molecule has 0 radical (unpaired) electrons. The second-order valence-corrected chi connectivity index (χ2v) is 3.86. The van der Waals surface area contributed by atoms with Crippen molar-refractivity contribution in [2.45, 2.75) is 0 Å². The highest BCUT2D eigenvalue weighted by molar-refractivity contribution is 6.01. The van der Waals surface area contributed by atoms with E-state index in [1.165, 1.54) is 0 Å². The van der Waals surface area contributed by atoms with Crippen molar-refractivity contribution < 1.29 is 9.53 Å². The van der Waals surface area contributed by atoms with Crippen LogP contribution >= 0.6 is 0 Å². The third-order valence-corrected chi connectivity index (χ3v) is 2.69. The topological polar surface area (TPSA) is 26.3 Å². The van der Waals surface area contributed by atoms with Gasteiger partial charge in [-0.3, -0.25) is 4.79 Å². The van der Waals surface area contributed by atoms with E-state index in [-0.39, 0.29) is 5.78 Å². The Bertz CT molecular complexity index is 583. The molecule has 2 heteroatoms. The highest BCUT2D eigenvalue weighted by Crippen LogP contribution is 2.29. The average molecular weight is 222 g/mol. The first-order chi connectivity index (χ1) is 8.33. The number of allylic oxidation sites excluding steroid dienone is 6. The van der Waals surface area contributed by atoms with E-state index in [1.807, 2.05) is 36.4 Å². The van der Waals surface area contributed by atoms with E-state index in [0.717, 1.165) is 22.6 Å². The van der Waals surface area contributed by atoms with E-state index in [0.29, 0.717) is 0 Å². The van der Waals surface area contributed by atoms with Gasteiger partial charge in [0.25, 0.3) is 0 Å². The molecule has 1 aromatic carbocycles. The van der Waals surface area contributed by atoms with Gasteiger partial charge in [-0.05, 0) is 42.5 Å². The van der Waals surface area contributed by atoms with Crippen LogP contribution in [0.5, 0.6) is 5.75 Å². The zero-order valence-electron chi connectivity index (χ0n) is 9.09. The summed E-state index contributed by atoms with van der Waals surface area (Å²) in [6.45, 7) is 0. The number of hydrogen-bond acceptors (Lipinski definition) is 2. The molecule has 2 nitrogen and oxygen atoms in total. The van der Waals surface area contributed by atoms with Gasteiger partial charge in [0.05, 0.1) is 0 Å². The summed E-state index contributed by atoms with van der Waals surface area (Å²) < 4.78 is 5.79. The first-order valence-corrected chi connectivity index (χ1v) is 5.42. The Labute approximate surface area is 99.2 Å². The molecular weight excluding hydrogens is 212 g/mol. The van der Waals surface area contributed by atoms with Gasteiger partial charge in [-0.1, -0.05) is 18.2 Å². The van der Waals surface area contributed by atoms with Crippen LogP contribution in [0.2, 0.25) is 0 Å². The molecular formula is C15H10O2. The molecule has 0 saturated carbocycles. The Kier molecular flexibility index (Phi) is 2.26. The molecule has 1 aliphatic heterocycles. The summed E-state index contributed by atoms with van der Waals surface area (Å²) in [4.78, 5) is 11.0. The van der Waals surface area contributed by atoms with E-state index in [2.05, 4.69) is 0 Å². The summed E-state index contributed by atoms with van der Waals surface area (Å²) in [6, 6.07) is 7.85. The predicted molar refractivity (Wildman–Crippen MR) is 66.4 cm³/mol. The van der Waals surface area contributed by atoms with Crippen LogP contribution in [0.15, 0.2) is 66.0 Å². The maximum atomic E-state index is 11.0. The number of carbonyl (C=O) groups is 1. The summed E-state index contributed by atoms with van der Waals surface area (Å²) in [5.41, 5.74) is 1.98. The lowest BCUT2D eigenvalue weighted by Gasteiger charge is -2.16. The van der Waals surface area contributed by atoms with Crippen LogP contribution in [0, 0.1) is 0 Å². The van der Waals surface area contributed by atoms with Crippen LogP contribution in [-0.4, -0.2) is 5.78 Å². The normalized spacial score (nSPS) is 17.1. The minimum absolute atomic E-state index is 0.00883. The van der Waals surface area contributed by atoms with Crippen molar-refractivity contribution in [1.82, 2.24) is 0 Å². The molecule has 0 saturated heterocycles. The summed E-state index contributed by atoms with van der Waals surface area (Å²) in [6.07, 6.45) is 10.6. The number of para-hydroxylation sites is 1. The summed E-state index contributed by atoms with van der Waals surface area (Å²) in [5, 5.41) is 0. The fraction of sp³-hybridized carbons (Fsp3) is 0. The Hall–Kier alpha value is -2.35. The SMILES string of the molecule is O=C1C=CC(=C2C=Cc3ccccc3O2)C=C1. The van der Waals surface area contributed by atoms with Crippen LogP contribution in [0.1, 0.15) is 5.56 Å². The number of hydrogen-bond donors (Lipinski definition) is 0. The molecule has 0 unspecified atom stereocenters. The lowest BCUT2D eigenvalue weighted by molar-refractivity contribution is -0.110. The third kappa shape index (κ3) is 1.85. The first kappa shape index (κ1) is 9.85. The zero-order valence-corrected chi connectivity index (χ0v) is 9.09. The maximum absolute atomic E-state index is 11.0. The fourth-order valence-electron chi connectivity index (χ4n) is 1.80. The molecule has 0 N–H and O–H groups in total. The fourth-order valence-corrected chi connectivity index (χ4v) is 1.80. The van der Waals surface area contributed by atoms with Crippen LogP contribution < -0.4 is 4.74 Å². The van der Waals surface area contributed by atoms with E-state index in [4.69, 9.17) is 4.74 Å². The van der Waals surface area contributed by atoms with E-state index in [1.54, 1.807) is 24.3 Å². The molecule has 17 heavy (non-hydrogen) atoms. The quantitative estimate of drug-likeness (QED) is 0.674. The maximum Gasteiger partial charge on any atom is 0.178 e. The monoisotopic (exact) mass is 222 g/mol. The Morgan fingerprint density at radius 1 is 0.824 bits per heavy atom. The van der Waals surface area contributed by atoms with Crippen LogP contribution in [0.4, 0.5) is 0 Å². The van der Waals surface area contributed by atoms with Gasteiger partial charge < -0.3 is 4.74 Å². The standard InChI is InChI=1S/C15H10O2/c16-13-8-5-12(6-9-13)15-10-7-11-3-1-2-4-14(11)17-15/h1-10H. The third-order valence-electron chi connectivity index (χ3n) is 2.69. The van der Waals surface area contributed by atoms with Gasteiger partial charge >= 0.3 is 0 Å². The largest absolute Gasteiger partial charge is 0.456 e. The van der Waals surface area contributed by atoms with Crippen LogP contribution in [-0.2, 0) is 4.79 Å². The predicted octanol–water partition coefficient (Wildman–Crippen LogP) is 3.04. The number of rotatable bonds is 0. The van der Waals surface area contributed by atoms with Crippen molar-refractivity contribution in [2.75, 3.05) is 0 Å². The van der Waals surface area contributed by atoms with Gasteiger partial charge in [-0.25, -0.2) is 0 Å². The number of ether oxygens (including phenoxy) is 1. The van der Waals surface area contributed by atoms with Crippen molar-refractivity contribution >= 4 is 11.9 Å². The number of fused-ring (bicyclic) bond motifs is 1. The van der Waals surface area contributed by atoms with Gasteiger partial charge in [0.1, 0.15) is 11.5 Å². The molecule has 0 spiro atoms. The molecule has 0 atom stereocenters. The molecule has 2 aliphatic rings. The number of benzene rings is 1. The van der Waals surface area contributed by atoms with Gasteiger partial charge in [0.2, 0.25) is 0 Å². The van der Waals surface area contributed by atoms with Crippen molar-refractivity contribution in [3.8, 4) is 5.75 Å². The van der Waals surface area contributed by atoms with Crippen molar-refractivity contribution in [1.29, 1.82) is 0 Å². The lowest BCUT2D eigenvalue weighted by atomic mass is 10.1. The average Bonchev–Trinajstić information content (AvgIpc) is 2.39. The van der Waals surface area contributed by atoms with Crippen molar-refractivity contribution in [3.63, 3.8) is 0 Å². The van der Waals surface area contributed by atoms with E-state index >= 15 is 0 Å². The molecule has 1 aliphatic carbocycles. The smallest absolute Gasteiger partial charge is 0.178 e. The van der Waals surface area contributed by atoms with Crippen LogP contribution in [0.25, 0.3) is 6.08 Å². The molecule has 0 aromatic heterocycles. The van der Waals surface area contributed by atoms with Crippen molar-refractivity contribution in [2.24, 2.45) is 0 Å². The summed E-state index contributed by atoms with van der Waals surface area (Å²) in [7, 11) is 0. The lowest BCUT2D eigenvalue weighted by Crippen LogP contribution is -2.03. The van der Waals surface area contributed by atoms with Gasteiger partial charge in [0, 0.05) is 11.1 Å². The first-order valence-electron chi connectivity index (χ1n) is 5.42. The molecule has 0 fully saturated rings. The molecule has 0 bridgehead atoms. The zero-order chi connectivity index (χ0) is 11.7. The van der Waals surface area contributed by atoms with Gasteiger partial charge in [0.15, 0.2) is 5.78 Å². The molecule has 82 valence electrons. The minimum Gasteiger partial charge on any atom is -0.456 e. The number of carbonyl (C=O) groups excluding carboxylic acids is 1. The second kappa shape index (κ2) is 3.91. The number of ketones is 1. The highest BCUT2D eigenvalue weighted by Gasteiger charge is 2.11. The van der Waals surface area contributed by atoms with E-state index < -0.39 is 0 Å².